The quantitative estimate of drug-likeness (QED) is 0.828. The number of hydrogen-bond donors (Lipinski definition) is 0. The Morgan fingerprint density at radius 2 is 1.92 bits per heavy atom. The van der Waals surface area contributed by atoms with Gasteiger partial charge < -0.3 is 9.47 Å². The van der Waals surface area contributed by atoms with E-state index in [-0.39, 0.29) is 17.8 Å². The fourth-order valence-electron chi connectivity index (χ4n) is 3.39. The van der Waals surface area contributed by atoms with Gasteiger partial charge in [0.05, 0.1) is 18.9 Å². The van der Waals surface area contributed by atoms with Crippen molar-refractivity contribution in [1.29, 1.82) is 0 Å². The van der Waals surface area contributed by atoms with Gasteiger partial charge in [0, 0.05) is 31.2 Å². The van der Waals surface area contributed by atoms with Crippen LogP contribution in [0, 0.1) is 0 Å². The summed E-state index contributed by atoms with van der Waals surface area (Å²) in [5.74, 6) is 1.25. The molecule has 1 fully saturated rings. The van der Waals surface area contributed by atoms with Crippen LogP contribution in [0.5, 0.6) is 11.5 Å². The molecule has 0 aromatic heterocycles. The first-order chi connectivity index (χ1) is 11.6. The SMILES string of the molecule is COc1ccc(N(C(C)=O)C2=CC(=O)CC2)cc1OC1CCCC1. The molecule has 1 saturated carbocycles. The second-order valence-corrected chi connectivity index (χ2v) is 6.32. The number of carbonyl (C=O) groups excluding carboxylic acids is 2. The molecule has 0 atom stereocenters. The summed E-state index contributed by atoms with van der Waals surface area (Å²) in [4.78, 5) is 25.3. The van der Waals surface area contributed by atoms with E-state index in [0.717, 1.165) is 18.5 Å². The van der Waals surface area contributed by atoms with Gasteiger partial charge in [-0.1, -0.05) is 0 Å². The van der Waals surface area contributed by atoms with Crippen LogP contribution in [0.25, 0.3) is 0 Å². The molecule has 3 rings (SSSR count). The number of carbonyl (C=O) groups is 2. The third kappa shape index (κ3) is 3.45. The lowest BCUT2D eigenvalue weighted by Gasteiger charge is -2.24. The number of rotatable bonds is 5. The van der Waals surface area contributed by atoms with Crippen molar-refractivity contribution in [3.63, 3.8) is 0 Å². The second kappa shape index (κ2) is 7.07. The molecular formula is C19H23NO4. The maximum absolute atomic E-state index is 12.2. The molecule has 0 saturated heterocycles. The van der Waals surface area contributed by atoms with Crippen molar-refractivity contribution in [2.75, 3.05) is 12.0 Å². The summed E-state index contributed by atoms with van der Waals surface area (Å²) in [7, 11) is 1.61. The van der Waals surface area contributed by atoms with Gasteiger partial charge in [0.15, 0.2) is 17.3 Å². The molecule has 0 spiro atoms. The third-order valence-corrected chi connectivity index (χ3v) is 4.56. The van der Waals surface area contributed by atoms with Crippen molar-refractivity contribution in [1.82, 2.24) is 0 Å². The summed E-state index contributed by atoms with van der Waals surface area (Å²) < 4.78 is 11.5. The van der Waals surface area contributed by atoms with E-state index < -0.39 is 0 Å². The zero-order valence-corrected chi connectivity index (χ0v) is 14.2. The van der Waals surface area contributed by atoms with Crippen molar-refractivity contribution >= 4 is 17.4 Å². The van der Waals surface area contributed by atoms with Gasteiger partial charge in [-0.25, -0.2) is 0 Å². The molecule has 2 aliphatic carbocycles. The number of ketones is 1. The van der Waals surface area contributed by atoms with Crippen molar-refractivity contribution in [3.05, 3.63) is 30.0 Å². The summed E-state index contributed by atoms with van der Waals surface area (Å²) in [6.07, 6.45) is 7.26. The Labute approximate surface area is 142 Å². The van der Waals surface area contributed by atoms with Crippen LogP contribution >= 0.6 is 0 Å². The van der Waals surface area contributed by atoms with Gasteiger partial charge in [0.25, 0.3) is 0 Å². The van der Waals surface area contributed by atoms with Gasteiger partial charge in [-0.15, -0.1) is 0 Å². The Bertz CT molecular complexity index is 674. The number of allylic oxidation sites excluding steroid dienone is 2. The number of methoxy groups -OCH3 is 1. The van der Waals surface area contributed by atoms with E-state index in [2.05, 4.69) is 0 Å². The molecule has 0 radical (unpaired) electrons. The molecular weight excluding hydrogens is 306 g/mol. The van der Waals surface area contributed by atoms with Crippen LogP contribution in [0.2, 0.25) is 0 Å². The van der Waals surface area contributed by atoms with E-state index in [4.69, 9.17) is 9.47 Å². The van der Waals surface area contributed by atoms with Gasteiger partial charge in [-0.05, 0) is 44.2 Å². The monoisotopic (exact) mass is 329 g/mol. The fraction of sp³-hybridized carbons (Fsp3) is 0.474. The zero-order valence-electron chi connectivity index (χ0n) is 14.2. The molecule has 1 aromatic carbocycles. The number of benzene rings is 1. The third-order valence-electron chi connectivity index (χ3n) is 4.56. The molecule has 24 heavy (non-hydrogen) atoms. The van der Waals surface area contributed by atoms with Gasteiger partial charge in [0.1, 0.15) is 0 Å². The van der Waals surface area contributed by atoms with Crippen LogP contribution < -0.4 is 14.4 Å². The van der Waals surface area contributed by atoms with Crippen molar-refractivity contribution < 1.29 is 19.1 Å². The first kappa shape index (κ1) is 16.6. The highest BCUT2D eigenvalue weighted by molar-refractivity contribution is 6.00. The molecule has 0 unspecified atom stereocenters. The predicted octanol–water partition coefficient (Wildman–Crippen LogP) is 3.62. The lowest BCUT2D eigenvalue weighted by Crippen LogP contribution is -2.27. The van der Waals surface area contributed by atoms with E-state index in [0.29, 0.717) is 30.0 Å². The number of nitrogens with zero attached hydrogens (tertiary/aromatic N) is 1. The molecule has 2 aliphatic rings. The standard InChI is InChI=1S/C19H23NO4/c1-13(21)20(14-7-9-16(22)11-14)15-8-10-18(23-2)19(12-15)24-17-5-3-4-6-17/h8,10-12,17H,3-7,9H2,1-2H3. The van der Waals surface area contributed by atoms with Crippen molar-refractivity contribution in [2.45, 2.75) is 51.6 Å². The molecule has 0 bridgehead atoms. The lowest BCUT2D eigenvalue weighted by molar-refractivity contribution is -0.116. The second-order valence-electron chi connectivity index (χ2n) is 6.32. The van der Waals surface area contributed by atoms with Crippen molar-refractivity contribution in [3.8, 4) is 11.5 Å². The van der Waals surface area contributed by atoms with Crippen LogP contribution in [0.4, 0.5) is 5.69 Å². The number of hydrogen-bond acceptors (Lipinski definition) is 4. The molecule has 5 heteroatoms. The molecule has 0 N–H and O–H groups in total. The minimum atomic E-state index is -0.118. The smallest absolute Gasteiger partial charge is 0.228 e. The van der Waals surface area contributed by atoms with Gasteiger partial charge in [-0.3, -0.25) is 14.5 Å². The minimum Gasteiger partial charge on any atom is -0.493 e. The molecule has 0 aliphatic heterocycles. The van der Waals surface area contributed by atoms with E-state index >= 15 is 0 Å². The van der Waals surface area contributed by atoms with E-state index in [1.165, 1.54) is 19.8 Å². The maximum atomic E-state index is 12.2. The lowest BCUT2D eigenvalue weighted by atomic mass is 10.2. The molecule has 128 valence electrons. The molecule has 0 heterocycles. The normalized spacial score (nSPS) is 17.8. The highest BCUT2D eigenvalue weighted by atomic mass is 16.5. The van der Waals surface area contributed by atoms with E-state index in [9.17, 15) is 9.59 Å². The Kier molecular flexibility index (Phi) is 4.88. The van der Waals surface area contributed by atoms with Crippen LogP contribution in [0.1, 0.15) is 45.4 Å². The highest BCUT2D eigenvalue weighted by Gasteiger charge is 2.24. The van der Waals surface area contributed by atoms with Crippen molar-refractivity contribution in [2.24, 2.45) is 0 Å². The Hall–Kier alpha value is -2.30. The van der Waals surface area contributed by atoms with E-state index in [1.807, 2.05) is 18.2 Å². The van der Waals surface area contributed by atoms with Crippen LogP contribution in [-0.4, -0.2) is 24.9 Å². The fourth-order valence-corrected chi connectivity index (χ4v) is 3.39. The van der Waals surface area contributed by atoms with Gasteiger partial charge in [-0.2, -0.15) is 0 Å². The average Bonchev–Trinajstić information content (AvgIpc) is 3.20. The first-order valence-corrected chi connectivity index (χ1v) is 8.47. The number of anilines is 1. The van der Waals surface area contributed by atoms with Crippen LogP contribution in [0.15, 0.2) is 30.0 Å². The predicted molar refractivity (Wildman–Crippen MR) is 91.4 cm³/mol. The largest absolute Gasteiger partial charge is 0.493 e. The first-order valence-electron chi connectivity index (χ1n) is 8.47. The Morgan fingerprint density at radius 3 is 2.50 bits per heavy atom. The highest BCUT2D eigenvalue weighted by Crippen LogP contribution is 2.37. The summed E-state index contributed by atoms with van der Waals surface area (Å²) in [5.41, 5.74) is 1.45. The van der Waals surface area contributed by atoms with Crippen LogP contribution in [0.3, 0.4) is 0 Å². The van der Waals surface area contributed by atoms with Gasteiger partial charge >= 0.3 is 0 Å². The van der Waals surface area contributed by atoms with E-state index in [1.54, 1.807) is 18.1 Å². The maximum Gasteiger partial charge on any atom is 0.228 e. The summed E-state index contributed by atoms with van der Waals surface area (Å²) in [5, 5.41) is 0. The number of amides is 1. The summed E-state index contributed by atoms with van der Waals surface area (Å²) in [6, 6.07) is 5.47. The summed E-state index contributed by atoms with van der Waals surface area (Å²) in [6.45, 7) is 1.51. The number of ether oxygens (including phenoxy) is 2. The summed E-state index contributed by atoms with van der Waals surface area (Å²) >= 11 is 0. The molecule has 1 amide bonds. The average molecular weight is 329 g/mol. The van der Waals surface area contributed by atoms with Crippen LogP contribution in [-0.2, 0) is 9.59 Å². The van der Waals surface area contributed by atoms with Gasteiger partial charge in [0.2, 0.25) is 5.91 Å². The Balaban J connectivity index is 1.92. The molecule has 5 nitrogen and oxygen atoms in total. The molecule has 1 aromatic rings. The zero-order chi connectivity index (χ0) is 17.1. The topological polar surface area (TPSA) is 55.8 Å². The Morgan fingerprint density at radius 1 is 1.17 bits per heavy atom. The minimum absolute atomic E-state index is 0.0622.